The molecule has 0 aromatic rings. The number of rotatable bonds is 5. The maximum Gasteiger partial charge on any atom is -0.0229 e. The Morgan fingerprint density at radius 1 is 0.846 bits per heavy atom. The van der Waals surface area contributed by atoms with Crippen molar-refractivity contribution in [3.63, 3.8) is 0 Å². The smallest absolute Gasteiger partial charge is 0.0229 e. The van der Waals surface area contributed by atoms with E-state index in [1.54, 1.807) is 0 Å². The van der Waals surface area contributed by atoms with Crippen LogP contribution >= 0.6 is 31.9 Å². The molecule has 2 heteroatoms. The van der Waals surface area contributed by atoms with Crippen LogP contribution in [0.15, 0.2) is 22.1 Å². The summed E-state index contributed by atoms with van der Waals surface area (Å²) in [5.41, 5.74) is 0. The van der Waals surface area contributed by atoms with Crippen LogP contribution in [0.3, 0.4) is 0 Å². The Hall–Kier alpha value is 0.440. The summed E-state index contributed by atoms with van der Waals surface area (Å²) in [6, 6.07) is 0. The average molecular weight is 312 g/mol. The molecule has 0 aromatic heterocycles. The Morgan fingerprint density at radius 2 is 1.38 bits per heavy atom. The molecule has 0 fully saturated rings. The Morgan fingerprint density at radius 3 is 1.69 bits per heavy atom. The fourth-order valence-corrected chi connectivity index (χ4v) is 1.14. The van der Waals surface area contributed by atoms with Crippen molar-refractivity contribution in [1.29, 1.82) is 0 Å². The molecular weight excluding hydrogens is 292 g/mol. The Kier molecular flexibility index (Phi) is 22.3. The van der Waals surface area contributed by atoms with Gasteiger partial charge in [-0.1, -0.05) is 77.1 Å². The second-order valence-corrected chi connectivity index (χ2v) is 3.71. The van der Waals surface area contributed by atoms with E-state index in [1.807, 2.05) is 9.97 Å². The first-order valence-electron chi connectivity index (χ1n) is 4.83. The summed E-state index contributed by atoms with van der Waals surface area (Å²) in [6.07, 6.45) is 10.5. The molecule has 0 saturated heterocycles. The van der Waals surface area contributed by atoms with Gasteiger partial charge in [-0.2, -0.15) is 0 Å². The molecular formula is C11H20Br2. The van der Waals surface area contributed by atoms with Crippen molar-refractivity contribution in [3.8, 4) is 0 Å². The van der Waals surface area contributed by atoms with Gasteiger partial charge in [-0.15, -0.1) is 0 Å². The van der Waals surface area contributed by atoms with E-state index in [0.717, 1.165) is 0 Å². The minimum atomic E-state index is 1.19. The van der Waals surface area contributed by atoms with Crippen molar-refractivity contribution in [1.82, 2.24) is 0 Å². The largest absolute Gasteiger partial charge is 0.0776 e. The molecule has 0 nitrogen and oxygen atoms in total. The van der Waals surface area contributed by atoms with Crippen molar-refractivity contribution in [2.75, 3.05) is 0 Å². The molecule has 13 heavy (non-hydrogen) atoms. The molecule has 0 rings (SSSR count). The lowest BCUT2D eigenvalue weighted by atomic mass is 10.3. The van der Waals surface area contributed by atoms with E-state index in [2.05, 4.69) is 57.9 Å². The lowest BCUT2D eigenvalue weighted by molar-refractivity contribution is 0.815. The predicted molar refractivity (Wildman–Crippen MR) is 70.6 cm³/mol. The second kappa shape index (κ2) is 18.3. The fourth-order valence-electron chi connectivity index (χ4n) is 0.615. The van der Waals surface area contributed by atoms with Gasteiger partial charge in [0, 0.05) is 0 Å². The lowest BCUT2D eigenvalue weighted by Crippen LogP contribution is -1.62. The first-order chi connectivity index (χ1) is 6.33. The van der Waals surface area contributed by atoms with Gasteiger partial charge < -0.3 is 0 Å². The molecule has 0 N–H and O–H groups in total. The first-order valence-corrected chi connectivity index (χ1v) is 6.67. The van der Waals surface area contributed by atoms with Gasteiger partial charge in [0.05, 0.1) is 0 Å². The van der Waals surface area contributed by atoms with Gasteiger partial charge in [-0.05, 0) is 22.8 Å². The zero-order valence-corrected chi connectivity index (χ0v) is 11.8. The van der Waals surface area contributed by atoms with Crippen molar-refractivity contribution in [3.05, 3.63) is 22.1 Å². The van der Waals surface area contributed by atoms with Gasteiger partial charge in [-0.25, -0.2) is 0 Å². The predicted octanol–water partition coefficient (Wildman–Crippen LogP) is 5.78. The third-order valence-electron chi connectivity index (χ3n) is 1.36. The molecule has 0 spiro atoms. The highest BCUT2D eigenvalue weighted by Crippen LogP contribution is 1.95. The van der Waals surface area contributed by atoms with Crippen LogP contribution in [0.5, 0.6) is 0 Å². The minimum absolute atomic E-state index is 1.19. The number of allylic oxidation sites excluding steroid dienone is 2. The molecule has 78 valence electrons. The Labute approximate surface area is 99.8 Å². The van der Waals surface area contributed by atoms with E-state index < -0.39 is 0 Å². The third-order valence-corrected chi connectivity index (χ3v) is 2.11. The standard InChI is InChI=1S/C6H11Br.C5H9Br/c1-2-3-4-5-6-7;1-2-3-4-5-6/h5-6H,2-4H2,1H3;4-5H,2-3H2,1H3. The van der Waals surface area contributed by atoms with Crippen LogP contribution < -0.4 is 0 Å². The Bertz CT molecular complexity index is 117. The van der Waals surface area contributed by atoms with Gasteiger partial charge in [0.2, 0.25) is 0 Å². The molecule has 0 amide bonds. The molecule has 0 aliphatic rings. The highest BCUT2D eigenvalue weighted by molar-refractivity contribution is 9.11. The Balaban J connectivity index is 0. The van der Waals surface area contributed by atoms with E-state index in [4.69, 9.17) is 0 Å². The van der Waals surface area contributed by atoms with E-state index in [9.17, 15) is 0 Å². The molecule has 0 heterocycles. The lowest BCUT2D eigenvalue weighted by Gasteiger charge is -1.83. The average Bonchev–Trinajstić information content (AvgIpc) is 2.17. The molecule has 0 saturated carbocycles. The fraction of sp³-hybridized carbons (Fsp3) is 0.636. The number of hydrogen-bond acceptors (Lipinski definition) is 0. The third kappa shape index (κ3) is 24.5. The summed E-state index contributed by atoms with van der Waals surface area (Å²) in [5, 5.41) is 0. The SMILES string of the molecule is CCCC=CBr.CCCCC=CBr. The van der Waals surface area contributed by atoms with Gasteiger partial charge in [-0.3, -0.25) is 0 Å². The minimum Gasteiger partial charge on any atom is -0.0776 e. The molecule has 0 unspecified atom stereocenters. The summed E-state index contributed by atoms with van der Waals surface area (Å²) in [4.78, 5) is 3.82. The summed E-state index contributed by atoms with van der Waals surface area (Å²) < 4.78 is 0. The van der Waals surface area contributed by atoms with Gasteiger partial charge in [0.25, 0.3) is 0 Å². The molecule has 0 bridgehead atoms. The molecule has 0 aromatic carbocycles. The highest BCUT2D eigenvalue weighted by Gasteiger charge is 1.73. The normalized spacial score (nSPS) is 10.5. The monoisotopic (exact) mass is 310 g/mol. The van der Waals surface area contributed by atoms with Crippen LogP contribution in [0, 0.1) is 0 Å². The maximum atomic E-state index is 3.20. The topological polar surface area (TPSA) is 0 Å². The van der Waals surface area contributed by atoms with E-state index >= 15 is 0 Å². The quantitative estimate of drug-likeness (QED) is 0.564. The summed E-state index contributed by atoms with van der Waals surface area (Å²) in [6.45, 7) is 4.36. The van der Waals surface area contributed by atoms with Crippen LogP contribution in [-0.2, 0) is 0 Å². The maximum absolute atomic E-state index is 3.20. The zero-order chi connectivity index (χ0) is 10.4. The first kappa shape index (κ1) is 15.9. The molecule has 0 radical (unpaired) electrons. The van der Waals surface area contributed by atoms with Crippen LogP contribution in [0.1, 0.15) is 46.0 Å². The zero-order valence-electron chi connectivity index (χ0n) is 8.60. The van der Waals surface area contributed by atoms with Crippen molar-refractivity contribution < 1.29 is 0 Å². The van der Waals surface area contributed by atoms with E-state index in [-0.39, 0.29) is 0 Å². The molecule has 0 atom stereocenters. The highest BCUT2D eigenvalue weighted by atomic mass is 79.9. The van der Waals surface area contributed by atoms with E-state index in [0.29, 0.717) is 0 Å². The van der Waals surface area contributed by atoms with Crippen LogP contribution in [0.25, 0.3) is 0 Å². The van der Waals surface area contributed by atoms with Crippen molar-refractivity contribution in [2.45, 2.75) is 46.0 Å². The number of hydrogen-bond donors (Lipinski definition) is 0. The van der Waals surface area contributed by atoms with Crippen molar-refractivity contribution >= 4 is 31.9 Å². The van der Waals surface area contributed by atoms with Gasteiger partial charge in [0.1, 0.15) is 0 Å². The summed E-state index contributed by atoms with van der Waals surface area (Å²) in [7, 11) is 0. The van der Waals surface area contributed by atoms with Crippen molar-refractivity contribution in [2.24, 2.45) is 0 Å². The van der Waals surface area contributed by atoms with E-state index in [1.165, 1.54) is 32.1 Å². The second-order valence-electron chi connectivity index (χ2n) is 2.65. The van der Waals surface area contributed by atoms with Gasteiger partial charge >= 0.3 is 0 Å². The summed E-state index contributed by atoms with van der Waals surface area (Å²) >= 11 is 6.37. The van der Waals surface area contributed by atoms with Gasteiger partial charge in [0.15, 0.2) is 0 Å². The van der Waals surface area contributed by atoms with Crippen LogP contribution in [0.2, 0.25) is 0 Å². The van der Waals surface area contributed by atoms with Crippen LogP contribution in [-0.4, -0.2) is 0 Å². The summed E-state index contributed by atoms with van der Waals surface area (Å²) in [5.74, 6) is 0. The number of halogens is 2. The molecule has 0 aliphatic heterocycles. The molecule has 0 aliphatic carbocycles. The number of unbranched alkanes of at least 4 members (excludes halogenated alkanes) is 3. The van der Waals surface area contributed by atoms with Crippen LogP contribution in [0.4, 0.5) is 0 Å².